The molecule has 0 N–H and O–H groups in total. The van der Waals surface area contributed by atoms with Crippen LogP contribution in [0.2, 0.25) is 0 Å². The molecule has 4 rings (SSSR count). The molecule has 0 saturated carbocycles. The average Bonchev–Trinajstić information content (AvgIpc) is 3.18. The van der Waals surface area contributed by atoms with Crippen LogP contribution in [0.15, 0.2) is 81.7 Å². The van der Waals surface area contributed by atoms with Gasteiger partial charge in [-0.1, -0.05) is 48.6 Å². The molecule has 2 nitrogen and oxygen atoms in total. The predicted octanol–water partition coefficient (Wildman–Crippen LogP) is 6.69. The fourth-order valence-electron chi connectivity index (χ4n) is 3.06. The molecule has 0 radical (unpaired) electrons. The zero-order valence-corrected chi connectivity index (χ0v) is 13.8. The van der Waals surface area contributed by atoms with Gasteiger partial charge in [0.05, 0.1) is 0 Å². The zero-order chi connectivity index (χ0) is 16.7. The maximum atomic E-state index is 6.05. The lowest BCUT2D eigenvalue weighted by Crippen LogP contribution is -1.88. The minimum absolute atomic E-state index is 0.771. The van der Waals surface area contributed by atoms with Crippen molar-refractivity contribution in [1.82, 2.24) is 0 Å². The lowest BCUT2D eigenvalue weighted by molar-refractivity contribution is 0.592. The van der Waals surface area contributed by atoms with E-state index < -0.39 is 0 Å². The SMILES string of the molecule is C=C(C(=C(C)C)c1cc2ccccc2o1)c1cc2ccccc2o1. The van der Waals surface area contributed by atoms with Gasteiger partial charge in [0.1, 0.15) is 22.7 Å². The second-order valence-corrected chi connectivity index (χ2v) is 6.15. The Labute approximate surface area is 140 Å². The van der Waals surface area contributed by atoms with Gasteiger partial charge in [-0.3, -0.25) is 0 Å². The number of hydrogen-bond donors (Lipinski definition) is 0. The molecule has 118 valence electrons. The van der Waals surface area contributed by atoms with E-state index >= 15 is 0 Å². The van der Waals surface area contributed by atoms with Crippen LogP contribution in [-0.4, -0.2) is 0 Å². The molecular formula is C22H18O2. The van der Waals surface area contributed by atoms with Gasteiger partial charge < -0.3 is 8.83 Å². The highest BCUT2D eigenvalue weighted by Crippen LogP contribution is 2.37. The summed E-state index contributed by atoms with van der Waals surface area (Å²) in [5.41, 5.74) is 4.71. The van der Waals surface area contributed by atoms with Gasteiger partial charge in [-0.15, -0.1) is 0 Å². The van der Waals surface area contributed by atoms with Crippen LogP contribution in [0.3, 0.4) is 0 Å². The number of hydrogen-bond acceptors (Lipinski definition) is 2. The second-order valence-electron chi connectivity index (χ2n) is 6.15. The lowest BCUT2D eigenvalue weighted by atomic mass is 9.98. The molecule has 0 atom stereocenters. The molecule has 24 heavy (non-hydrogen) atoms. The lowest BCUT2D eigenvalue weighted by Gasteiger charge is -2.08. The molecule has 0 aliphatic rings. The number of fused-ring (bicyclic) bond motifs is 2. The maximum absolute atomic E-state index is 6.05. The first-order valence-corrected chi connectivity index (χ1v) is 7.98. The van der Waals surface area contributed by atoms with Crippen molar-refractivity contribution >= 4 is 33.1 Å². The van der Waals surface area contributed by atoms with E-state index in [0.29, 0.717) is 0 Å². The van der Waals surface area contributed by atoms with Crippen molar-refractivity contribution in [2.24, 2.45) is 0 Å². The van der Waals surface area contributed by atoms with Crippen LogP contribution < -0.4 is 0 Å². The third-order valence-electron chi connectivity index (χ3n) is 4.20. The van der Waals surface area contributed by atoms with E-state index in [0.717, 1.165) is 50.2 Å². The molecule has 2 heteroatoms. The second kappa shape index (κ2) is 5.57. The van der Waals surface area contributed by atoms with Gasteiger partial charge in [-0.2, -0.15) is 0 Å². The summed E-state index contributed by atoms with van der Waals surface area (Å²) >= 11 is 0. The highest BCUT2D eigenvalue weighted by Gasteiger charge is 2.17. The monoisotopic (exact) mass is 314 g/mol. The number of para-hydroxylation sites is 2. The molecule has 0 bridgehead atoms. The van der Waals surface area contributed by atoms with Crippen LogP contribution in [0.4, 0.5) is 0 Å². The molecule has 0 saturated heterocycles. The topological polar surface area (TPSA) is 26.3 Å². The third kappa shape index (κ3) is 2.37. The van der Waals surface area contributed by atoms with Gasteiger partial charge in [-0.05, 0) is 38.1 Å². The van der Waals surface area contributed by atoms with Gasteiger partial charge in [0, 0.05) is 21.9 Å². The van der Waals surface area contributed by atoms with Gasteiger partial charge in [0.15, 0.2) is 0 Å². The fraction of sp³-hybridized carbons (Fsp3) is 0.0909. The van der Waals surface area contributed by atoms with Gasteiger partial charge >= 0.3 is 0 Å². The smallest absolute Gasteiger partial charge is 0.136 e. The van der Waals surface area contributed by atoms with Gasteiger partial charge in [0.2, 0.25) is 0 Å². The van der Waals surface area contributed by atoms with Crippen molar-refractivity contribution in [2.45, 2.75) is 13.8 Å². The summed E-state index contributed by atoms with van der Waals surface area (Å²) in [6, 6.07) is 20.1. The van der Waals surface area contributed by atoms with E-state index in [9.17, 15) is 0 Å². The summed E-state index contributed by atoms with van der Waals surface area (Å²) in [5, 5.41) is 2.16. The molecule has 0 aliphatic carbocycles. The van der Waals surface area contributed by atoms with E-state index in [-0.39, 0.29) is 0 Å². The molecule has 0 amide bonds. The third-order valence-corrected chi connectivity index (χ3v) is 4.20. The van der Waals surface area contributed by atoms with Crippen molar-refractivity contribution in [3.05, 3.63) is 84.3 Å². The molecule has 2 aromatic carbocycles. The normalized spacial score (nSPS) is 11.1. The molecule has 2 aromatic heterocycles. The van der Waals surface area contributed by atoms with Crippen LogP contribution in [0.5, 0.6) is 0 Å². The Bertz CT molecular complexity index is 1020. The van der Waals surface area contributed by atoms with Crippen LogP contribution in [0, 0.1) is 0 Å². The molecular weight excluding hydrogens is 296 g/mol. The number of benzene rings is 2. The largest absolute Gasteiger partial charge is 0.456 e. The van der Waals surface area contributed by atoms with Crippen molar-refractivity contribution in [1.29, 1.82) is 0 Å². The van der Waals surface area contributed by atoms with Crippen molar-refractivity contribution in [3.8, 4) is 0 Å². The summed E-state index contributed by atoms with van der Waals surface area (Å²) in [6.45, 7) is 8.41. The molecule has 2 heterocycles. The van der Waals surface area contributed by atoms with E-state index in [1.54, 1.807) is 0 Å². The molecule has 0 spiro atoms. The quantitative estimate of drug-likeness (QED) is 0.394. The highest BCUT2D eigenvalue weighted by molar-refractivity contribution is 6.05. The standard InChI is InChI=1S/C22H18O2/c1-14(2)22(21-13-17-9-5-7-11-19(17)24-21)15(3)20-12-16-8-4-6-10-18(16)23-20/h4-13H,3H2,1-2H3. The Balaban J connectivity index is 1.83. The first-order chi connectivity index (χ1) is 11.6. The highest BCUT2D eigenvalue weighted by atomic mass is 16.3. The van der Waals surface area contributed by atoms with Gasteiger partial charge in [-0.25, -0.2) is 0 Å². The Morgan fingerprint density at radius 2 is 1.25 bits per heavy atom. The summed E-state index contributed by atoms with van der Waals surface area (Å²) in [6.07, 6.45) is 0. The Morgan fingerprint density at radius 1 is 0.750 bits per heavy atom. The first kappa shape index (κ1) is 14.6. The average molecular weight is 314 g/mol. The number of allylic oxidation sites excluding steroid dienone is 3. The fourth-order valence-corrected chi connectivity index (χ4v) is 3.06. The minimum Gasteiger partial charge on any atom is -0.456 e. The predicted molar refractivity (Wildman–Crippen MR) is 99.7 cm³/mol. The van der Waals surface area contributed by atoms with Crippen molar-refractivity contribution in [3.63, 3.8) is 0 Å². The number of rotatable bonds is 3. The Kier molecular flexibility index (Phi) is 3.39. The molecule has 0 aliphatic heterocycles. The zero-order valence-electron chi connectivity index (χ0n) is 13.8. The van der Waals surface area contributed by atoms with Crippen LogP contribution in [-0.2, 0) is 0 Å². The van der Waals surface area contributed by atoms with Crippen LogP contribution >= 0.6 is 0 Å². The van der Waals surface area contributed by atoms with E-state index in [1.165, 1.54) is 0 Å². The summed E-state index contributed by atoms with van der Waals surface area (Å²) in [4.78, 5) is 0. The van der Waals surface area contributed by atoms with E-state index in [4.69, 9.17) is 8.83 Å². The number of furan rings is 2. The van der Waals surface area contributed by atoms with Crippen LogP contribution in [0.25, 0.3) is 33.1 Å². The Morgan fingerprint density at radius 3 is 1.79 bits per heavy atom. The summed E-state index contributed by atoms with van der Waals surface area (Å²) < 4.78 is 12.0. The van der Waals surface area contributed by atoms with E-state index in [1.807, 2.05) is 48.5 Å². The van der Waals surface area contributed by atoms with Crippen LogP contribution in [0.1, 0.15) is 25.4 Å². The van der Waals surface area contributed by atoms with Crippen molar-refractivity contribution in [2.75, 3.05) is 0 Å². The van der Waals surface area contributed by atoms with Crippen molar-refractivity contribution < 1.29 is 8.83 Å². The Hall–Kier alpha value is -3.00. The molecule has 4 aromatic rings. The van der Waals surface area contributed by atoms with E-state index in [2.05, 4.69) is 32.6 Å². The molecule has 0 fully saturated rings. The minimum atomic E-state index is 0.771. The van der Waals surface area contributed by atoms with Gasteiger partial charge in [0.25, 0.3) is 0 Å². The summed E-state index contributed by atoms with van der Waals surface area (Å²) in [5.74, 6) is 1.59. The summed E-state index contributed by atoms with van der Waals surface area (Å²) in [7, 11) is 0. The molecule has 0 unspecified atom stereocenters. The first-order valence-electron chi connectivity index (χ1n) is 7.98. The maximum Gasteiger partial charge on any atom is 0.136 e.